The standard InChI is InChI=1S/C23H34N4O3S/c1-17-8-12-26(13-9-17)18(19-7-6-14-31-19)15-24-20(28)16-27-21(29)23(25(2)22(27)30)10-4-3-5-11-23/h6-7,14,17-18H,3-5,8-13,15-16H2,1-2H3,(H,24,28). The van der Waals surface area contributed by atoms with Crippen molar-refractivity contribution in [2.45, 2.75) is 63.5 Å². The van der Waals surface area contributed by atoms with Gasteiger partial charge in [-0.05, 0) is 56.1 Å². The zero-order valence-electron chi connectivity index (χ0n) is 18.6. The Hall–Kier alpha value is -1.93. The number of likely N-dealkylation sites (tertiary alicyclic amines) is 1. The average molecular weight is 447 g/mol. The maximum absolute atomic E-state index is 13.1. The molecule has 3 heterocycles. The fourth-order valence-electron chi connectivity index (χ4n) is 5.31. The summed E-state index contributed by atoms with van der Waals surface area (Å²) in [5, 5.41) is 5.08. The fraction of sp³-hybridized carbons (Fsp3) is 0.696. The first-order chi connectivity index (χ1) is 14.9. The molecular formula is C23H34N4O3S. The van der Waals surface area contributed by atoms with Crippen molar-refractivity contribution >= 4 is 29.2 Å². The highest BCUT2D eigenvalue weighted by atomic mass is 32.1. The lowest BCUT2D eigenvalue weighted by Gasteiger charge is -2.36. The maximum Gasteiger partial charge on any atom is 0.327 e. The summed E-state index contributed by atoms with van der Waals surface area (Å²) in [5.74, 6) is 0.274. The SMILES string of the molecule is CC1CCN(C(CNC(=O)CN2C(=O)N(C)C3(CCCCC3)C2=O)c2cccs2)CC1. The van der Waals surface area contributed by atoms with E-state index in [2.05, 4.69) is 28.6 Å². The summed E-state index contributed by atoms with van der Waals surface area (Å²) in [7, 11) is 1.70. The lowest BCUT2D eigenvalue weighted by Crippen LogP contribution is -2.49. The van der Waals surface area contributed by atoms with E-state index in [1.807, 2.05) is 6.07 Å². The highest BCUT2D eigenvalue weighted by molar-refractivity contribution is 7.10. The van der Waals surface area contributed by atoms with Crippen molar-refractivity contribution < 1.29 is 14.4 Å². The van der Waals surface area contributed by atoms with Crippen LogP contribution >= 0.6 is 11.3 Å². The number of hydrogen-bond donors (Lipinski definition) is 1. The second-order valence-electron chi connectivity index (χ2n) is 9.38. The zero-order valence-corrected chi connectivity index (χ0v) is 19.5. The highest BCUT2D eigenvalue weighted by Gasteiger charge is 2.55. The Kier molecular flexibility index (Phi) is 6.67. The van der Waals surface area contributed by atoms with Crippen molar-refractivity contribution in [3.8, 4) is 0 Å². The third-order valence-electron chi connectivity index (χ3n) is 7.41. The predicted octanol–water partition coefficient (Wildman–Crippen LogP) is 3.23. The van der Waals surface area contributed by atoms with Crippen LogP contribution in [-0.4, -0.2) is 71.3 Å². The molecule has 2 aliphatic heterocycles. The lowest BCUT2D eigenvalue weighted by molar-refractivity contribution is -0.137. The van der Waals surface area contributed by atoms with Gasteiger partial charge in [-0.1, -0.05) is 32.3 Å². The second kappa shape index (κ2) is 9.28. The minimum absolute atomic E-state index is 0.133. The number of urea groups is 1. The molecule has 0 bridgehead atoms. The number of nitrogens with zero attached hydrogens (tertiary/aromatic N) is 3. The summed E-state index contributed by atoms with van der Waals surface area (Å²) in [4.78, 5) is 45.1. The minimum Gasteiger partial charge on any atom is -0.353 e. The number of carbonyl (C=O) groups is 3. The molecule has 4 rings (SSSR count). The second-order valence-corrected chi connectivity index (χ2v) is 10.4. The van der Waals surface area contributed by atoms with Crippen molar-refractivity contribution in [1.29, 1.82) is 0 Å². The van der Waals surface area contributed by atoms with Gasteiger partial charge in [0.1, 0.15) is 12.1 Å². The van der Waals surface area contributed by atoms with E-state index < -0.39 is 5.54 Å². The maximum atomic E-state index is 13.1. The lowest BCUT2D eigenvalue weighted by atomic mass is 9.81. The highest BCUT2D eigenvalue weighted by Crippen LogP contribution is 2.39. The summed E-state index contributed by atoms with van der Waals surface area (Å²) >= 11 is 1.71. The minimum atomic E-state index is -0.736. The van der Waals surface area contributed by atoms with Crippen LogP contribution in [0.3, 0.4) is 0 Å². The van der Waals surface area contributed by atoms with Gasteiger partial charge in [0.25, 0.3) is 5.91 Å². The fourth-order valence-corrected chi connectivity index (χ4v) is 6.17. The predicted molar refractivity (Wildman–Crippen MR) is 121 cm³/mol. The molecule has 31 heavy (non-hydrogen) atoms. The van der Waals surface area contributed by atoms with Crippen molar-refractivity contribution in [1.82, 2.24) is 20.0 Å². The third kappa shape index (κ3) is 4.37. The molecule has 1 N–H and O–H groups in total. The van der Waals surface area contributed by atoms with Crippen LogP contribution in [-0.2, 0) is 9.59 Å². The van der Waals surface area contributed by atoms with E-state index in [9.17, 15) is 14.4 Å². The number of thiophene rings is 1. The molecule has 1 unspecified atom stereocenters. The van der Waals surface area contributed by atoms with Crippen molar-refractivity contribution in [3.63, 3.8) is 0 Å². The van der Waals surface area contributed by atoms with Crippen LogP contribution in [0.25, 0.3) is 0 Å². The topological polar surface area (TPSA) is 73.0 Å². The third-order valence-corrected chi connectivity index (χ3v) is 8.38. The van der Waals surface area contributed by atoms with Crippen LogP contribution in [0.1, 0.15) is 62.8 Å². The van der Waals surface area contributed by atoms with E-state index in [4.69, 9.17) is 0 Å². The normalized spacial score (nSPS) is 23.5. The van der Waals surface area contributed by atoms with Gasteiger partial charge in [-0.25, -0.2) is 4.79 Å². The zero-order chi connectivity index (χ0) is 22.0. The number of piperidine rings is 1. The Labute approximate surface area is 188 Å². The Balaban J connectivity index is 1.38. The van der Waals surface area contributed by atoms with Crippen molar-refractivity contribution in [2.24, 2.45) is 5.92 Å². The van der Waals surface area contributed by atoms with Crippen LogP contribution < -0.4 is 5.32 Å². The Bertz CT molecular complexity index is 798. The molecule has 0 aromatic carbocycles. The summed E-state index contributed by atoms with van der Waals surface area (Å²) in [6.07, 6.45) is 6.71. The van der Waals surface area contributed by atoms with Crippen molar-refractivity contribution in [2.75, 3.05) is 33.2 Å². The summed E-state index contributed by atoms with van der Waals surface area (Å²) in [6.45, 7) is 4.63. The number of imide groups is 1. The van der Waals surface area contributed by atoms with Gasteiger partial charge in [0.05, 0.1) is 6.04 Å². The van der Waals surface area contributed by atoms with E-state index in [1.54, 1.807) is 23.3 Å². The molecule has 170 valence electrons. The van der Waals surface area contributed by atoms with Gasteiger partial charge >= 0.3 is 6.03 Å². The molecule has 2 saturated heterocycles. The first-order valence-corrected chi connectivity index (χ1v) is 12.4. The van der Waals surface area contributed by atoms with E-state index >= 15 is 0 Å². The molecule has 1 aromatic heterocycles. The van der Waals surface area contributed by atoms with Crippen molar-refractivity contribution in [3.05, 3.63) is 22.4 Å². The molecule has 7 nitrogen and oxygen atoms in total. The van der Waals surface area contributed by atoms with Crippen LogP contribution in [0.15, 0.2) is 17.5 Å². The first kappa shape index (κ1) is 22.3. The van der Waals surface area contributed by atoms with Crippen LogP contribution in [0.4, 0.5) is 4.79 Å². The van der Waals surface area contributed by atoms with Gasteiger partial charge in [0.2, 0.25) is 5.91 Å². The van der Waals surface area contributed by atoms with E-state index in [0.29, 0.717) is 19.4 Å². The smallest absolute Gasteiger partial charge is 0.327 e. The first-order valence-electron chi connectivity index (χ1n) is 11.6. The van der Waals surface area contributed by atoms with Crippen LogP contribution in [0, 0.1) is 5.92 Å². The Morgan fingerprint density at radius 2 is 1.94 bits per heavy atom. The van der Waals surface area contributed by atoms with Gasteiger partial charge in [-0.3, -0.25) is 19.4 Å². The molecule has 0 radical (unpaired) electrons. The van der Waals surface area contributed by atoms with E-state index in [0.717, 1.165) is 43.2 Å². The number of rotatable bonds is 6. The summed E-state index contributed by atoms with van der Waals surface area (Å²) < 4.78 is 0. The molecule has 1 aromatic rings. The Morgan fingerprint density at radius 1 is 1.23 bits per heavy atom. The molecular weight excluding hydrogens is 412 g/mol. The van der Waals surface area contributed by atoms with Gasteiger partial charge in [-0.2, -0.15) is 0 Å². The molecule has 1 spiro atoms. The number of hydrogen-bond acceptors (Lipinski definition) is 5. The monoisotopic (exact) mass is 446 g/mol. The van der Waals surface area contributed by atoms with E-state index in [1.165, 1.54) is 17.7 Å². The van der Waals surface area contributed by atoms with Gasteiger partial charge in [0, 0.05) is 18.5 Å². The van der Waals surface area contributed by atoms with Gasteiger partial charge in [-0.15, -0.1) is 11.3 Å². The quantitative estimate of drug-likeness (QED) is 0.681. The van der Waals surface area contributed by atoms with Crippen LogP contribution in [0.2, 0.25) is 0 Å². The summed E-state index contributed by atoms with van der Waals surface area (Å²) in [6, 6.07) is 3.95. The molecule has 1 saturated carbocycles. The van der Waals surface area contributed by atoms with Gasteiger partial charge < -0.3 is 10.2 Å². The van der Waals surface area contributed by atoms with E-state index in [-0.39, 0.29) is 30.4 Å². The molecule has 3 fully saturated rings. The largest absolute Gasteiger partial charge is 0.353 e. The molecule has 4 amide bonds. The number of carbonyl (C=O) groups excluding carboxylic acids is 3. The molecule has 1 atom stereocenters. The summed E-state index contributed by atoms with van der Waals surface area (Å²) in [5.41, 5.74) is -0.736. The van der Waals surface area contributed by atoms with Gasteiger partial charge in [0.15, 0.2) is 0 Å². The number of amides is 4. The van der Waals surface area contributed by atoms with Crippen LogP contribution in [0.5, 0.6) is 0 Å². The number of nitrogens with one attached hydrogen (secondary N) is 1. The average Bonchev–Trinajstić information content (AvgIpc) is 3.36. The Morgan fingerprint density at radius 3 is 2.58 bits per heavy atom. The molecule has 3 aliphatic rings. The number of likely N-dealkylation sites (N-methyl/N-ethyl adjacent to an activating group) is 1. The molecule has 8 heteroatoms. The molecule has 1 aliphatic carbocycles.